The molecule has 4 nitrogen and oxygen atoms in total. The molecule has 1 N–H and O–H groups in total. The van der Waals surface area contributed by atoms with Crippen LogP contribution in [0, 0.1) is 0 Å². The third-order valence-electron chi connectivity index (χ3n) is 2.99. The fourth-order valence-corrected chi connectivity index (χ4v) is 2.50. The van der Waals surface area contributed by atoms with Crippen molar-refractivity contribution in [3.05, 3.63) is 28.2 Å². The SMILES string of the molecule is CCCCCNC(=O)CN(C(C)=O)c1c(Cl)cccc1Cl. The minimum Gasteiger partial charge on any atom is -0.355 e. The maximum absolute atomic E-state index is 11.9. The van der Waals surface area contributed by atoms with E-state index in [0.717, 1.165) is 19.3 Å². The largest absolute Gasteiger partial charge is 0.355 e. The lowest BCUT2D eigenvalue weighted by Crippen LogP contribution is -2.40. The van der Waals surface area contributed by atoms with Gasteiger partial charge in [0.05, 0.1) is 15.7 Å². The van der Waals surface area contributed by atoms with Crippen LogP contribution in [0.4, 0.5) is 5.69 Å². The first kappa shape index (κ1) is 17.8. The Bertz CT molecular complexity index is 486. The summed E-state index contributed by atoms with van der Waals surface area (Å²) < 4.78 is 0. The molecule has 0 atom stereocenters. The van der Waals surface area contributed by atoms with Crippen molar-refractivity contribution in [2.45, 2.75) is 33.1 Å². The van der Waals surface area contributed by atoms with Crippen LogP contribution in [0.3, 0.4) is 0 Å². The number of hydrogen-bond donors (Lipinski definition) is 1. The smallest absolute Gasteiger partial charge is 0.240 e. The second-order valence-electron chi connectivity index (χ2n) is 4.73. The number of carbonyl (C=O) groups is 2. The van der Waals surface area contributed by atoms with E-state index in [1.165, 1.54) is 11.8 Å². The minimum absolute atomic E-state index is 0.0923. The number of carbonyl (C=O) groups excluding carboxylic acids is 2. The first-order valence-corrected chi connectivity index (χ1v) is 7.71. The molecule has 0 unspecified atom stereocenters. The fourth-order valence-electron chi connectivity index (χ4n) is 1.90. The van der Waals surface area contributed by atoms with Crippen LogP contribution in [0.25, 0.3) is 0 Å². The lowest BCUT2D eigenvalue weighted by atomic mass is 10.2. The zero-order chi connectivity index (χ0) is 15.8. The predicted octanol–water partition coefficient (Wildman–Crippen LogP) is 3.65. The second-order valence-corrected chi connectivity index (χ2v) is 5.55. The van der Waals surface area contributed by atoms with E-state index in [-0.39, 0.29) is 18.4 Å². The summed E-state index contributed by atoms with van der Waals surface area (Å²) in [7, 11) is 0. The molecule has 0 aliphatic rings. The quantitative estimate of drug-likeness (QED) is 0.775. The van der Waals surface area contributed by atoms with Crippen LogP contribution in [0.15, 0.2) is 18.2 Å². The van der Waals surface area contributed by atoms with Gasteiger partial charge in [0.2, 0.25) is 11.8 Å². The highest BCUT2D eigenvalue weighted by Crippen LogP contribution is 2.33. The topological polar surface area (TPSA) is 49.4 Å². The zero-order valence-electron chi connectivity index (χ0n) is 12.3. The van der Waals surface area contributed by atoms with Crippen LogP contribution in [-0.2, 0) is 9.59 Å². The highest BCUT2D eigenvalue weighted by atomic mass is 35.5. The Hall–Kier alpha value is -1.26. The number of hydrogen-bond acceptors (Lipinski definition) is 2. The van der Waals surface area contributed by atoms with E-state index >= 15 is 0 Å². The molecule has 0 saturated heterocycles. The Morgan fingerprint density at radius 2 is 1.81 bits per heavy atom. The number of para-hydroxylation sites is 1. The van der Waals surface area contributed by atoms with Crippen molar-refractivity contribution in [1.82, 2.24) is 5.32 Å². The molecule has 0 bridgehead atoms. The molecule has 0 aliphatic heterocycles. The average molecular weight is 331 g/mol. The van der Waals surface area contributed by atoms with Gasteiger partial charge in [-0.2, -0.15) is 0 Å². The van der Waals surface area contributed by atoms with Gasteiger partial charge in [0, 0.05) is 13.5 Å². The molecule has 1 rings (SSSR count). The van der Waals surface area contributed by atoms with E-state index in [1.54, 1.807) is 18.2 Å². The molecular weight excluding hydrogens is 311 g/mol. The van der Waals surface area contributed by atoms with Gasteiger partial charge >= 0.3 is 0 Å². The van der Waals surface area contributed by atoms with Gasteiger partial charge in [-0.3, -0.25) is 9.59 Å². The van der Waals surface area contributed by atoms with Gasteiger partial charge in [-0.15, -0.1) is 0 Å². The molecule has 0 radical (unpaired) electrons. The molecule has 116 valence electrons. The molecule has 0 heterocycles. The van der Waals surface area contributed by atoms with E-state index < -0.39 is 0 Å². The van der Waals surface area contributed by atoms with Crippen LogP contribution in [0.2, 0.25) is 10.0 Å². The lowest BCUT2D eigenvalue weighted by molar-refractivity contribution is -0.123. The summed E-state index contributed by atoms with van der Waals surface area (Å²) in [6.45, 7) is 3.99. The molecule has 1 aromatic rings. The maximum atomic E-state index is 11.9. The van der Waals surface area contributed by atoms with Gasteiger partial charge in [0.15, 0.2) is 0 Å². The van der Waals surface area contributed by atoms with Crippen molar-refractivity contribution in [3.8, 4) is 0 Å². The van der Waals surface area contributed by atoms with Gasteiger partial charge in [0.1, 0.15) is 6.54 Å². The number of nitrogens with zero attached hydrogens (tertiary/aromatic N) is 1. The van der Waals surface area contributed by atoms with Crippen LogP contribution in [0.1, 0.15) is 33.1 Å². The first-order valence-electron chi connectivity index (χ1n) is 6.96. The Morgan fingerprint density at radius 3 is 2.33 bits per heavy atom. The van der Waals surface area contributed by atoms with Crippen molar-refractivity contribution in [2.24, 2.45) is 0 Å². The highest BCUT2D eigenvalue weighted by molar-refractivity contribution is 6.40. The van der Waals surface area contributed by atoms with E-state index in [2.05, 4.69) is 12.2 Å². The number of rotatable bonds is 7. The second kappa shape index (κ2) is 8.90. The van der Waals surface area contributed by atoms with Crippen LogP contribution >= 0.6 is 23.2 Å². The van der Waals surface area contributed by atoms with E-state index in [4.69, 9.17) is 23.2 Å². The number of unbranched alkanes of at least 4 members (excludes halogenated alkanes) is 2. The maximum Gasteiger partial charge on any atom is 0.240 e. The Kier molecular flexibility index (Phi) is 7.54. The Labute approximate surface area is 135 Å². The summed E-state index contributed by atoms with van der Waals surface area (Å²) >= 11 is 12.2. The summed E-state index contributed by atoms with van der Waals surface area (Å²) in [5.74, 6) is -0.508. The molecule has 0 saturated carbocycles. The summed E-state index contributed by atoms with van der Waals surface area (Å²) in [5, 5.41) is 3.48. The lowest BCUT2D eigenvalue weighted by Gasteiger charge is -2.23. The van der Waals surface area contributed by atoms with Gasteiger partial charge < -0.3 is 10.2 Å². The molecule has 2 amide bonds. The first-order chi connectivity index (χ1) is 9.97. The van der Waals surface area contributed by atoms with Gasteiger partial charge in [-0.05, 0) is 18.6 Å². The molecule has 1 aromatic carbocycles. The average Bonchev–Trinajstić information content (AvgIpc) is 2.42. The molecule has 0 spiro atoms. The third-order valence-corrected chi connectivity index (χ3v) is 3.60. The minimum atomic E-state index is -0.284. The number of halogens is 2. The van der Waals surface area contributed by atoms with Crippen molar-refractivity contribution in [3.63, 3.8) is 0 Å². The van der Waals surface area contributed by atoms with Gasteiger partial charge in [-0.25, -0.2) is 0 Å². The van der Waals surface area contributed by atoms with Gasteiger partial charge in [-0.1, -0.05) is 49.0 Å². The normalized spacial score (nSPS) is 10.3. The monoisotopic (exact) mass is 330 g/mol. The summed E-state index contributed by atoms with van der Waals surface area (Å²) in [4.78, 5) is 25.0. The number of amides is 2. The van der Waals surface area contributed by atoms with E-state index in [0.29, 0.717) is 22.3 Å². The molecular formula is C15H20Cl2N2O2. The molecule has 21 heavy (non-hydrogen) atoms. The van der Waals surface area contributed by atoms with Crippen molar-refractivity contribution < 1.29 is 9.59 Å². The van der Waals surface area contributed by atoms with E-state index in [9.17, 15) is 9.59 Å². The summed E-state index contributed by atoms with van der Waals surface area (Å²) in [6.07, 6.45) is 3.08. The fraction of sp³-hybridized carbons (Fsp3) is 0.467. The molecule has 6 heteroatoms. The number of anilines is 1. The van der Waals surface area contributed by atoms with Gasteiger partial charge in [0.25, 0.3) is 0 Å². The number of nitrogens with one attached hydrogen (secondary N) is 1. The Balaban J connectivity index is 2.75. The van der Waals surface area contributed by atoms with E-state index in [1.807, 2.05) is 0 Å². The van der Waals surface area contributed by atoms with Crippen molar-refractivity contribution >= 4 is 40.7 Å². The predicted molar refractivity (Wildman–Crippen MR) is 87.0 cm³/mol. The summed E-state index contributed by atoms with van der Waals surface area (Å²) in [6, 6.07) is 4.97. The molecule has 0 fully saturated rings. The molecule has 0 aromatic heterocycles. The standard InChI is InChI=1S/C15H20Cl2N2O2/c1-3-4-5-9-18-14(21)10-19(11(2)20)15-12(16)7-6-8-13(15)17/h6-8H,3-5,9-10H2,1-2H3,(H,18,21). The molecule has 0 aliphatic carbocycles. The summed E-state index contributed by atoms with van der Waals surface area (Å²) in [5.41, 5.74) is 0.372. The van der Waals surface area contributed by atoms with Crippen molar-refractivity contribution in [2.75, 3.05) is 18.0 Å². The highest BCUT2D eigenvalue weighted by Gasteiger charge is 2.20. The van der Waals surface area contributed by atoms with Crippen LogP contribution in [0.5, 0.6) is 0 Å². The van der Waals surface area contributed by atoms with Crippen molar-refractivity contribution in [1.29, 1.82) is 0 Å². The Morgan fingerprint density at radius 1 is 1.19 bits per heavy atom. The zero-order valence-corrected chi connectivity index (χ0v) is 13.8. The third kappa shape index (κ3) is 5.56. The van der Waals surface area contributed by atoms with Crippen LogP contribution in [-0.4, -0.2) is 24.9 Å². The van der Waals surface area contributed by atoms with Crippen LogP contribution < -0.4 is 10.2 Å². The number of benzene rings is 1.